The van der Waals surface area contributed by atoms with Gasteiger partial charge in [0.2, 0.25) is 5.95 Å². The van der Waals surface area contributed by atoms with E-state index in [-0.39, 0.29) is 5.95 Å². The molecule has 0 saturated heterocycles. The normalized spacial score (nSPS) is 9.50. The summed E-state index contributed by atoms with van der Waals surface area (Å²) in [7, 11) is 4.36. The van der Waals surface area contributed by atoms with Crippen LogP contribution in [0.5, 0.6) is 0 Å². The van der Waals surface area contributed by atoms with Gasteiger partial charge in [-0.15, -0.1) is 0 Å². The predicted molar refractivity (Wildman–Crippen MR) is 54.6 cm³/mol. The molecule has 1 aromatic rings. The second-order valence-electron chi connectivity index (χ2n) is 2.32. The summed E-state index contributed by atoms with van der Waals surface area (Å²) < 4.78 is 1.79. The van der Waals surface area contributed by atoms with Gasteiger partial charge in [0, 0.05) is 18.8 Å². The first-order valence-corrected chi connectivity index (χ1v) is 3.90. The van der Waals surface area contributed by atoms with Crippen molar-refractivity contribution in [2.24, 2.45) is 0 Å². The zero-order valence-corrected chi connectivity index (χ0v) is 8.01. The molecule has 2 N–H and O–H groups in total. The summed E-state index contributed by atoms with van der Waals surface area (Å²) in [5.41, 5.74) is 6.29. The van der Waals surface area contributed by atoms with Crippen LogP contribution in [0.15, 0.2) is 12.8 Å². The van der Waals surface area contributed by atoms with Gasteiger partial charge in [-0.3, -0.25) is 0 Å². The van der Waals surface area contributed by atoms with Gasteiger partial charge in [-0.1, -0.05) is 12.7 Å². The molecule has 12 heavy (non-hydrogen) atoms. The number of hydrogen-bond donors (Lipinski definition) is 1. The Labute approximate surface area is 73.8 Å². The lowest BCUT2D eigenvalue weighted by Gasteiger charge is -2.13. The number of nitrogens with two attached hydrogens (primary N) is 1. The van der Waals surface area contributed by atoms with Crippen LogP contribution >= 0.6 is 9.39 Å². The van der Waals surface area contributed by atoms with E-state index in [1.807, 2.05) is 7.05 Å². The lowest BCUT2D eigenvalue weighted by atomic mass is 10.3. The predicted octanol–water partition coefficient (Wildman–Crippen LogP) is 0.928. The van der Waals surface area contributed by atoms with Gasteiger partial charge in [-0.2, -0.15) is 4.98 Å². The molecule has 0 fully saturated rings. The first kappa shape index (κ1) is 8.94. The molecule has 0 aliphatic rings. The van der Waals surface area contributed by atoms with Crippen molar-refractivity contribution in [2.75, 3.05) is 17.5 Å². The average molecular weight is 182 g/mol. The number of anilines is 2. The highest BCUT2D eigenvalue weighted by Gasteiger charge is 2.03. The van der Waals surface area contributed by atoms with E-state index < -0.39 is 0 Å². The van der Waals surface area contributed by atoms with Crippen LogP contribution in [-0.2, 0) is 0 Å². The van der Waals surface area contributed by atoms with Gasteiger partial charge in [-0.05, 0) is 9.39 Å². The molecule has 1 atom stereocenters. The molecule has 64 valence electrons. The van der Waals surface area contributed by atoms with Crippen molar-refractivity contribution in [3.05, 3.63) is 18.3 Å². The molecule has 1 heterocycles. The molecule has 0 radical (unpaired) electrons. The Morgan fingerprint density at radius 1 is 1.75 bits per heavy atom. The van der Waals surface area contributed by atoms with Crippen LogP contribution in [0.25, 0.3) is 6.08 Å². The Morgan fingerprint density at radius 3 is 2.92 bits per heavy atom. The van der Waals surface area contributed by atoms with Crippen molar-refractivity contribution in [3.63, 3.8) is 0 Å². The summed E-state index contributed by atoms with van der Waals surface area (Å²) >= 11 is 0. The number of nitrogen functional groups attached to an aromatic ring is 1. The number of hydrogen-bond acceptors (Lipinski definition) is 4. The Balaban J connectivity index is 3.21. The fourth-order valence-corrected chi connectivity index (χ4v) is 1.03. The molecule has 0 bridgehead atoms. The standard InChI is InChI=1S/C7H11N4P/c1-3-5-4-9-7(8)10-6(5)11(2)12/h3-4H,1,12H2,2H3,(H2,8,9,10). The zero-order valence-electron chi connectivity index (χ0n) is 6.86. The van der Waals surface area contributed by atoms with E-state index in [0.29, 0.717) is 0 Å². The van der Waals surface area contributed by atoms with Crippen molar-refractivity contribution < 1.29 is 0 Å². The monoisotopic (exact) mass is 182 g/mol. The third-order valence-corrected chi connectivity index (χ3v) is 1.61. The van der Waals surface area contributed by atoms with E-state index in [1.165, 1.54) is 0 Å². The highest BCUT2D eigenvalue weighted by molar-refractivity contribution is 7.19. The minimum atomic E-state index is 0.268. The molecule has 5 heteroatoms. The lowest BCUT2D eigenvalue weighted by Crippen LogP contribution is -2.07. The van der Waals surface area contributed by atoms with Gasteiger partial charge in [0.15, 0.2) is 0 Å². The van der Waals surface area contributed by atoms with Crippen LogP contribution in [0.1, 0.15) is 5.56 Å². The first-order valence-electron chi connectivity index (χ1n) is 3.38. The van der Waals surface area contributed by atoms with Gasteiger partial charge >= 0.3 is 0 Å². The molecule has 0 spiro atoms. The van der Waals surface area contributed by atoms with E-state index in [4.69, 9.17) is 5.73 Å². The van der Waals surface area contributed by atoms with E-state index >= 15 is 0 Å². The SMILES string of the molecule is C=Cc1cnc(N)nc1N(C)P. The highest BCUT2D eigenvalue weighted by Crippen LogP contribution is 2.19. The van der Waals surface area contributed by atoms with Gasteiger partial charge < -0.3 is 10.4 Å². The second kappa shape index (κ2) is 3.50. The maximum absolute atomic E-state index is 5.43. The average Bonchev–Trinajstić information content (AvgIpc) is 2.04. The summed E-state index contributed by atoms with van der Waals surface area (Å²) in [5.74, 6) is 1.02. The minimum absolute atomic E-state index is 0.268. The maximum Gasteiger partial charge on any atom is 0.221 e. The van der Waals surface area contributed by atoms with Crippen molar-refractivity contribution in [2.45, 2.75) is 0 Å². The number of aromatic nitrogens is 2. The van der Waals surface area contributed by atoms with Gasteiger partial charge in [-0.25, -0.2) is 4.98 Å². The number of rotatable bonds is 2. The Bertz CT molecular complexity index is 297. The van der Waals surface area contributed by atoms with Gasteiger partial charge in [0.1, 0.15) is 5.82 Å². The van der Waals surface area contributed by atoms with E-state index in [1.54, 1.807) is 16.9 Å². The summed E-state index contributed by atoms with van der Waals surface area (Å²) in [6.07, 6.45) is 3.33. The minimum Gasteiger partial charge on any atom is -0.368 e. The molecule has 0 aromatic carbocycles. The van der Waals surface area contributed by atoms with Crippen LogP contribution in [0, 0.1) is 0 Å². The molecule has 1 unspecified atom stereocenters. The van der Waals surface area contributed by atoms with Crippen molar-refractivity contribution in [1.29, 1.82) is 0 Å². The molecule has 1 rings (SSSR count). The molecular formula is C7H11N4P. The van der Waals surface area contributed by atoms with Crippen LogP contribution in [0.4, 0.5) is 11.8 Å². The zero-order chi connectivity index (χ0) is 9.14. The fraction of sp³-hybridized carbons (Fsp3) is 0.143. The third-order valence-electron chi connectivity index (χ3n) is 1.37. The second-order valence-corrected chi connectivity index (χ2v) is 3.10. The topological polar surface area (TPSA) is 55.0 Å². The van der Waals surface area contributed by atoms with Crippen molar-refractivity contribution >= 4 is 27.2 Å². The summed E-state index contributed by atoms with van der Waals surface area (Å²) in [6, 6.07) is 0. The van der Waals surface area contributed by atoms with Crippen LogP contribution in [0.2, 0.25) is 0 Å². The van der Waals surface area contributed by atoms with Crippen LogP contribution in [-0.4, -0.2) is 17.0 Å². The molecule has 0 aliphatic heterocycles. The molecule has 4 nitrogen and oxygen atoms in total. The summed E-state index contributed by atoms with van der Waals surface area (Å²) in [5, 5.41) is 0. The van der Waals surface area contributed by atoms with Gasteiger partial charge in [0.05, 0.1) is 0 Å². The van der Waals surface area contributed by atoms with E-state index in [2.05, 4.69) is 25.9 Å². The van der Waals surface area contributed by atoms with E-state index in [9.17, 15) is 0 Å². The number of nitrogens with zero attached hydrogens (tertiary/aromatic N) is 3. The van der Waals surface area contributed by atoms with Crippen molar-refractivity contribution in [3.8, 4) is 0 Å². The van der Waals surface area contributed by atoms with Crippen molar-refractivity contribution in [1.82, 2.24) is 9.97 Å². The molecule has 1 aromatic heterocycles. The molecular weight excluding hydrogens is 171 g/mol. The third kappa shape index (κ3) is 1.71. The molecule has 0 amide bonds. The maximum atomic E-state index is 5.43. The smallest absolute Gasteiger partial charge is 0.221 e. The molecule has 0 aliphatic carbocycles. The van der Waals surface area contributed by atoms with Crippen LogP contribution in [0.3, 0.4) is 0 Å². The summed E-state index contributed by atoms with van der Waals surface area (Å²) in [4.78, 5) is 7.90. The Kier molecular flexibility index (Phi) is 2.61. The summed E-state index contributed by atoms with van der Waals surface area (Å²) in [6.45, 7) is 3.65. The quantitative estimate of drug-likeness (QED) is 0.691. The molecule has 0 saturated carbocycles. The van der Waals surface area contributed by atoms with Gasteiger partial charge in [0.25, 0.3) is 0 Å². The van der Waals surface area contributed by atoms with Crippen LogP contribution < -0.4 is 10.4 Å². The Hall–Kier alpha value is -1.15. The largest absolute Gasteiger partial charge is 0.368 e. The van der Waals surface area contributed by atoms with E-state index in [0.717, 1.165) is 11.4 Å². The highest BCUT2D eigenvalue weighted by atomic mass is 31.0. The Morgan fingerprint density at radius 2 is 2.42 bits per heavy atom. The lowest BCUT2D eigenvalue weighted by molar-refractivity contribution is 1.13. The fourth-order valence-electron chi connectivity index (χ4n) is 0.822. The first-order chi connectivity index (χ1) is 5.65.